The number of guanidine groups is 1. The topological polar surface area (TPSA) is 117 Å². The highest BCUT2D eigenvalue weighted by molar-refractivity contribution is 9.10. The lowest BCUT2D eigenvalue weighted by Gasteiger charge is -1.98. The number of aromatic nitrogens is 1. The molecule has 1 heterocycles. The fourth-order valence-electron chi connectivity index (χ4n) is 1.51. The minimum atomic E-state index is -1.02. The second-order valence-electron chi connectivity index (χ2n) is 3.42. The smallest absolute Gasteiger partial charge is 0.352 e. The number of hydrogen-bond acceptors (Lipinski definition) is 2. The first-order chi connectivity index (χ1) is 7.97. The summed E-state index contributed by atoms with van der Waals surface area (Å²) in [6.07, 6.45) is 0. The number of H-pyrrole nitrogens is 1. The van der Waals surface area contributed by atoms with Crippen LogP contribution in [-0.2, 0) is 0 Å². The summed E-state index contributed by atoms with van der Waals surface area (Å²) in [7, 11) is 0. The van der Waals surface area contributed by atoms with Crippen molar-refractivity contribution in [3.8, 4) is 0 Å². The summed E-state index contributed by atoms with van der Waals surface area (Å²) in [6, 6.07) is 4.92. The first-order valence-corrected chi connectivity index (χ1v) is 5.42. The molecular weight excluding hydrogens is 288 g/mol. The van der Waals surface area contributed by atoms with E-state index < -0.39 is 5.97 Å². The molecule has 1 aromatic heterocycles. The van der Waals surface area contributed by atoms with Gasteiger partial charge in [-0.2, -0.15) is 0 Å². The van der Waals surface area contributed by atoms with Crippen LogP contribution < -0.4 is 11.5 Å². The van der Waals surface area contributed by atoms with E-state index in [1.807, 2.05) is 0 Å². The van der Waals surface area contributed by atoms with Crippen molar-refractivity contribution < 1.29 is 9.90 Å². The molecule has 1 aromatic carbocycles. The lowest BCUT2D eigenvalue weighted by atomic mass is 10.2. The number of aromatic carboxylic acids is 1. The largest absolute Gasteiger partial charge is 0.477 e. The first-order valence-electron chi connectivity index (χ1n) is 4.62. The summed E-state index contributed by atoms with van der Waals surface area (Å²) >= 11 is 3.33. The van der Waals surface area contributed by atoms with Crippen molar-refractivity contribution >= 4 is 44.4 Å². The molecule has 0 amide bonds. The molecule has 6 nitrogen and oxygen atoms in total. The Balaban J connectivity index is 2.65. The van der Waals surface area contributed by atoms with Crippen LogP contribution in [0.25, 0.3) is 10.9 Å². The molecule has 0 atom stereocenters. The number of carboxylic acids is 1. The molecule has 6 N–H and O–H groups in total. The zero-order valence-corrected chi connectivity index (χ0v) is 10.2. The summed E-state index contributed by atoms with van der Waals surface area (Å²) in [5, 5.41) is 9.60. The average molecular weight is 297 g/mol. The SMILES string of the molecule is NC(N)=Nc1cc(Br)c2[nH]c(C(=O)O)cc2c1. The van der Waals surface area contributed by atoms with Gasteiger partial charge in [-0.1, -0.05) is 0 Å². The molecule has 0 saturated carbocycles. The highest BCUT2D eigenvalue weighted by atomic mass is 79.9. The normalized spacial score (nSPS) is 10.4. The molecule has 0 aliphatic rings. The Hall–Kier alpha value is -2.02. The Kier molecular flexibility index (Phi) is 2.76. The second-order valence-corrected chi connectivity index (χ2v) is 4.27. The molecule has 2 rings (SSSR count). The van der Waals surface area contributed by atoms with Crippen molar-refractivity contribution in [3.63, 3.8) is 0 Å². The van der Waals surface area contributed by atoms with Crippen molar-refractivity contribution in [3.05, 3.63) is 28.4 Å². The van der Waals surface area contributed by atoms with Crippen LogP contribution in [0, 0.1) is 0 Å². The van der Waals surface area contributed by atoms with Crippen molar-refractivity contribution in [2.24, 2.45) is 16.5 Å². The van der Waals surface area contributed by atoms with Gasteiger partial charge in [0, 0.05) is 9.86 Å². The molecule has 0 aliphatic heterocycles. The number of nitrogens with zero attached hydrogens (tertiary/aromatic N) is 1. The fraction of sp³-hybridized carbons (Fsp3) is 0. The molecular formula is C10H9BrN4O2. The van der Waals surface area contributed by atoms with Gasteiger partial charge in [-0.05, 0) is 34.1 Å². The third kappa shape index (κ3) is 2.23. The van der Waals surface area contributed by atoms with Gasteiger partial charge in [0.2, 0.25) is 0 Å². The summed E-state index contributed by atoms with van der Waals surface area (Å²) in [5.41, 5.74) is 11.9. The third-order valence-electron chi connectivity index (χ3n) is 2.15. The Bertz CT molecular complexity index is 629. The predicted octanol–water partition coefficient (Wildman–Crippen LogP) is 1.53. The number of carboxylic acid groups (broad SMARTS) is 1. The molecule has 0 saturated heterocycles. The molecule has 0 bridgehead atoms. The van der Waals surface area contributed by atoms with Crippen molar-refractivity contribution in [2.75, 3.05) is 0 Å². The van der Waals surface area contributed by atoms with E-state index in [1.165, 1.54) is 6.07 Å². The molecule has 0 spiro atoms. The minimum Gasteiger partial charge on any atom is -0.477 e. The van der Waals surface area contributed by atoms with Gasteiger partial charge in [-0.25, -0.2) is 9.79 Å². The standard InChI is InChI=1S/C10H9BrN4O2/c11-6-3-5(14-10(12)13)1-4-2-7(9(16)17)15-8(4)6/h1-3,15H,(H,16,17)(H4,12,13,14). The van der Waals surface area contributed by atoms with E-state index in [2.05, 4.69) is 25.9 Å². The number of aliphatic imine (C=N–C) groups is 1. The number of nitrogens with two attached hydrogens (primary N) is 2. The third-order valence-corrected chi connectivity index (χ3v) is 2.78. The Morgan fingerprint density at radius 2 is 2.06 bits per heavy atom. The van der Waals surface area contributed by atoms with E-state index in [9.17, 15) is 4.79 Å². The molecule has 0 radical (unpaired) electrons. The van der Waals surface area contributed by atoms with Crippen LogP contribution in [0.15, 0.2) is 27.7 Å². The number of benzene rings is 1. The lowest BCUT2D eigenvalue weighted by molar-refractivity contribution is 0.0691. The number of aromatic amines is 1. The van der Waals surface area contributed by atoms with Crippen molar-refractivity contribution in [1.82, 2.24) is 4.98 Å². The number of fused-ring (bicyclic) bond motifs is 1. The number of halogens is 1. The van der Waals surface area contributed by atoms with E-state index in [0.717, 1.165) is 5.39 Å². The predicted molar refractivity (Wildman–Crippen MR) is 68.4 cm³/mol. The van der Waals surface area contributed by atoms with E-state index >= 15 is 0 Å². The van der Waals surface area contributed by atoms with Crippen LogP contribution in [0.1, 0.15) is 10.5 Å². The summed E-state index contributed by atoms with van der Waals surface area (Å²) in [4.78, 5) is 17.5. The maximum atomic E-state index is 10.8. The van der Waals surface area contributed by atoms with E-state index in [4.69, 9.17) is 16.6 Å². The highest BCUT2D eigenvalue weighted by Gasteiger charge is 2.10. The van der Waals surface area contributed by atoms with Crippen molar-refractivity contribution in [2.45, 2.75) is 0 Å². The maximum absolute atomic E-state index is 10.8. The van der Waals surface area contributed by atoms with Crippen molar-refractivity contribution in [1.29, 1.82) is 0 Å². The van der Waals surface area contributed by atoms with Gasteiger partial charge in [0.1, 0.15) is 5.69 Å². The Morgan fingerprint density at radius 3 is 2.65 bits per heavy atom. The molecule has 17 heavy (non-hydrogen) atoms. The Morgan fingerprint density at radius 1 is 1.35 bits per heavy atom. The van der Waals surface area contributed by atoms with Crippen LogP contribution >= 0.6 is 15.9 Å². The Labute approximate surface area is 104 Å². The second kappa shape index (κ2) is 4.10. The van der Waals surface area contributed by atoms with Gasteiger partial charge < -0.3 is 21.6 Å². The summed E-state index contributed by atoms with van der Waals surface area (Å²) < 4.78 is 0.697. The fourth-order valence-corrected chi connectivity index (χ4v) is 2.08. The summed E-state index contributed by atoms with van der Waals surface area (Å²) in [6.45, 7) is 0. The molecule has 2 aromatic rings. The lowest BCUT2D eigenvalue weighted by Crippen LogP contribution is -2.21. The zero-order valence-electron chi connectivity index (χ0n) is 8.57. The molecule has 7 heteroatoms. The quantitative estimate of drug-likeness (QED) is 0.496. The van der Waals surface area contributed by atoms with Gasteiger partial charge in [0.15, 0.2) is 5.96 Å². The van der Waals surface area contributed by atoms with Gasteiger partial charge in [0.25, 0.3) is 0 Å². The van der Waals surface area contributed by atoms with Crippen LogP contribution in [0.2, 0.25) is 0 Å². The van der Waals surface area contributed by atoms with Gasteiger partial charge in [-0.15, -0.1) is 0 Å². The van der Waals surface area contributed by atoms with Crippen LogP contribution in [0.5, 0.6) is 0 Å². The molecule has 0 aliphatic carbocycles. The number of rotatable bonds is 2. The summed E-state index contributed by atoms with van der Waals surface area (Å²) in [5.74, 6) is -1.07. The number of nitrogens with one attached hydrogen (secondary N) is 1. The van der Waals surface area contributed by atoms with Crippen LogP contribution in [0.3, 0.4) is 0 Å². The van der Waals surface area contributed by atoms with Crippen LogP contribution in [0.4, 0.5) is 5.69 Å². The van der Waals surface area contributed by atoms with Gasteiger partial charge in [0.05, 0.1) is 11.2 Å². The average Bonchev–Trinajstić information content (AvgIpc) is 2.60. The monoisotopic (exact) mass is 296 g/mol. The maximum Gasteiger partial charge on any atom is 0.352 e. The van der Waals surface area contributed by atoms with Gasteiger partial charge in [-0.3, -0.25) is 0 Å². The van der Waals surface area contributed by atoms with E-state index in [0.29, 0.717) is 15.7 Å². The van der Waals surface area contributed by atoms with Crippen LogP contribution in [-0.4, -0.2) is 22.0 Å². The van der Waals surface area contributed by atoms with Gasteiger partial charge >= 0.3 is 5.97 Å². The molecule has 88 valence electrons. The minimum absolute atomic E-state index is 0.0507. The number of carbonyl (C=O) groups is 1. The van der Waals surface area contributed by atoms with E-state index in [1.54, 1.807) is 12.1 Å². The zero-order chi connectivity index (χ0) is 12.6. The molecule has 0 unspecified atom stereocenters. The molecule has 0 fully saturated rings. The highest BCUT2D eigenvalue weighted by Crippen LogP contribution is 2.29. The number of hydrogen-bond donors (Lipinski definition) is 4. The first kappa shape index (κ1) is 11.5. The van der Waals surface area contributed by atoms with E-state index in [-0.39, 0.29) is 11.7 Å².